The van der Waals surface area contributed by atoms with Crippen molar-refractivity contribution >= 4 is 6.09 Å². The largest absolute Gasteiger partial charge is 0.443 e. The van der Waals surface area contributed by atoms with Crippen molar-refractivity contribution in [2.45, 2.75) is 60.8 Å². The molecule has 0 bridgehead atoms. The van der Waals surface area contributed by atoms with Gasteiger partial charge in [-0.2, -0.15) is 0 Å². The quantitative estimate of drug-likeness (QED) is 0.714. The number of alkyl halides is 2. The molecule has 0 aliphatic carbocycles. The second-order valence-corrected chi connectivity index (χ2v) is 5.21. The van der Waals surface area contributed by atoms with E-state index >= 15 is 0 Å². The van der Waals surface area contributed by atoms with Gasteiger partial charge in [-0.15, -0.1) is 0 Å². The molecule has 0 radical (unpaired) electrons. The lowest BCUT2D eigenvalue weighted by Gasteiger charge is -2.30. The zero-order valence-electron chi connectivity index (χ0n) is 13.1. The highest BCUT2D eigenvalue weighted by Gasteiger charge is 2.23. The van der Waals surface area contributed by atoms with Crippen molar-refractivity contribution in [2.24, 2.45) is 5.41 Å². The predicted molar refractivity (Wildman–Crippen MR) is 74.6 cm³/mol. The zero-order chi connectivity index (χ0) is 15.5. The van der Waals surface area contributed by atoms with Crippen molar-refractivity contribution in [3.8, 4) is 0 Å². The molecule has 0 unspecified atom stereocenters. The molecule has 0 fully saturated rings. The van der Waals surface area contributed by atoms with Crippen LogP contribution >= 0.6 is 0 Å². The summed E-state index contributed by atoms with van der Waals surface area (Å²) in [6.07, 6.45) is -1.11. The molecule has 5 heteroatoms. The monoisotopic (exact) mass is 281 g/mol. The van der Waals surface area contributed by atoms with E-state index in [-0.39, 0.29) is 5.41 Å². The number of ether oxygens (including phenoxy) is 1. The standard InChI is InChI=1S/C11H21F2NO2.C3H8/c1-5-11(3,4)8-14(6-2)10(15)16-7-9(12)13;1-3-2/h9H,5-8H2,1-4H3;3H2,1-2H3. The summed E-state index contributed by atoms with van der Waals surface area (Å²) >= 11 is 0. The number of hydrogen-bond acceptors (Lipinski definition) is 2. The summed E-state index contributed by atoms with van der Waals surface area (Å²) < 4.78 is 28.2. The van der Waals surface area contributed by atoms with E-state index in [9.17, 15) is 13.6 Å². The van der Waals surface area contributed by atoms with Gasteiger partial charge >= 0.3 is 6.09 Å². The van der Waals surface area contributed by atoms with E-state index in [4.69, 9.17) is 0 Å². The van der Waals surface area contributed by atoms with Crippen LogP contribution in [0.15, 0.2) is 0 Å². The van der Waals surface area contributed by atoms with E-state index in [1.165, 1.54) is 11.3 Å². The summed E-state index contributed by atoms with van der Waals surface area (Å²) in [5.41, 5.74) is -0.0279. The number of hydrogen-bond donors (Lipinski definition) is 0. The van der Waals surface area contributed by atoms with Gasteiger partial charge in [-0.05, 0) is 18.8 Å². The molecule has 0 aromatic heterocycles. The second-order valence-electron chi connectivity index (χ2n) is 5.21. The number of nitrogens with zero attached hydrogens (tertiary/aromatic N) is 1. The minimum Gasteiger partial charge on any atom is -0.443 e. The van der Waals surface area contributed by atoms with E-state index in [1.807, 2.05) is 20.8 Å². The summed E-state index contributed by atoms with van der Waals surface area (Å²) in [5.74, 6) is 0. The van der Waals surface area contributed by atoms with E-state index < -0.39 is 19.1 Å². The van der Waals surface area contributed by atoms with Crippen molar-refractivity contribution in [2.75, 3.05) is 19.7 Å². The topological polar surface area (TPSA) is 29.5 Å². The Morgan fingerprint density at radius 1 is 1.21 bits per heavy atom. The zero-order valence-corrected chi connectivity index (χ0v) is 13.1. The van der Waals surface area contributed by atoms with E-state index in [2.05, 4.69) is 18.6 Å². The first-order valence-corrected chi connectivity index (χ1v) is 6.93. The van der Waals surface area contributed by atoms with Gasteiger partial charge < -0.3 is 9.64 Å². The Bertz CT molecular complexity index is 233. The lowest BCUT2D eigenvalue weighted by atomic mass is 9.90. The van der Waals surface area contributed by atoms with Crippen LogP contribution in [0.1, 0.15) is 54.4 Å². The van der Waals surface area contributed by atoms with Gasteiger partial charge in [0.25, 0.3) is 6.43 Å². The molecule has 0 aromatic carbocycles. The lowest BCUT2D eigenvalue weighted by molar-refractivity contribution is 0.0273. The summed E-state index contributed by atoms with van der Waals surface area (Å²) in [5, 5.41) is 0. The van der Waals surface area contributed by atoms with Crippen LogP contribution in [0.5, 0.6) is 0 Å². The third-order valence-corrected chi connectivity index (χ3v) is 2.55. The van der Waals surface area contributed by atoms with Crippen LogP contribution in [0.2, 0.25) is 0 Å². The summed E-state index contributed by atoms with van der Waals surface area (Å²) in [6, 6.07) is 0. The normalized spacial score (nSPS) is 10.8. The Hall–Kier alpha value is -0.870. The van der Waals surface area contributed by atoms with Crippen LogP contribution in [0.25, 0.3) is 0 Å². The number of amides is 1. The van der Waals surface area contributed by atoms with Crippen LogP contribution < -0.4 is 0 Å². The number of halogens is 2. The molecule has 0 spiro atoms. The van der Waals surface area contributed by atoms with Gasteiger partial charge in [-0.1, -0.05) is 41.0 Å². The maximum atomic E-state index is 11.9. The number of rotatable bonds is 6. The Labute approximate surface area is 116 Å². The summed E-state index contributed by atoms with van der Waals surface area (Å²) in [6.45, 7) is 12.3. The fourth-order valence-electron chi connectivity index (χ4n) is 1.16. The van der Waals surface area contributed by atoms with Crippen molar-refractivity contribution < 1.29 is 18.3 Å². The van der Waals surface area contributed by atoms with Crippen molar-refractivity contribution in [3.05, 3.63) is 0 Å². The van der Waals surface area contributed by atoms with Gasteiger partial charge in [-0.25, -0.2) is 13.6 Å². The molecule has 0 aliphatic heterocycles. The molecular formula is C14H29F2NO2. The van der Waals surface area contributed by atoms with Gasteiger partial charge in [0, 0.05) is 13.1 Å². The molecule has 1 amide bonds. The average Bonchev–Trinajstić information content (AvgIpc) is 2.34. The smallest absolute Gasteiger partial charge is 0.409 e. The fourth-order valence-corrected chi connectivity index (χ4v) is 1.16. The molecule has 19 heavy (non-hydrogen) atoms. The van der Waals surface area contributed by atoms with Crippen LogP contribution in [-0.4, -0.2) is 37.1 Å². The Morgan fingerprint density at radius 3 is 2.00 bits per heavy atom. The molecule has 0 aliphatic rings. The highest BCUT2D eigenvalue weighted by Crippen LogP contribution is 2.21. The maximum absolute atomic E-state index is 11.9. The van der Waals surface area contributed by atoms with E-state index in [0.29, 0.717) is 13.1 Å². The lowest BCUT2D eigenvalue weighted by Crippen LogP contribution is -2.39. The van der Waals surface area contributed by atoms with Gasteiger partial charge in [0.2, 0.25) is 0 Å². The SMILES string of the molecule is CCC.CCN(CC(C)(C)CC)C(=O)OCC(F)F. The number of carbonyl (C=O) groups is 1. The maximum Gasteiger partial charge on any atom is 0.409 e. The number of carbonyl (C=O) groups excluding carboxylic acids is 1. The van der Waals surface area contributed by atoms with Crippen LogP contribution in [0.3, 0.4) is 0 Å². The van der Waals surface area contributed by atoms with Crippen molar-refractivity contribution in [1.29, 1.82) is 0 Å². The summed E-state index contributed by atoms with van der Waals surface area (Å²) in [7, 11) is 0. The molecule has 0 rings (SSSR count). The molecule has 0 heterocycles. The predicted octanol–water partition coefficient (Wildman–Crippen LogP) is 4.56. The Morgan fingerprint density at radius 2 is 1.68 bits per heavy atom. The van der Waals surface area contributed by atoms with Crippen LogP contribution in [0.4, 0.5) is 13.6 Å². The Kier molecular flexibility index (Phi) is 11.8. The molecule has 0 N–H and O–H groups in total. The molecule has 3 nitrogen and oxygen atoms in total. The van der Waals surface area contributed by atoms with Gasteiger partial charge in [0.15, 0.2) is 6.61 Å². The second kappa shape index (κ2) is 11.0. The molecular weight excluding hydrogens is 252 g/mol. The molecule has 0 saturated heterocycles. The first kappa shape index (κ1) is 20.4. The average molecular weight is 281 g/mol. The van der Waals surface area contributed by atoms with Crippen LogP contribution in [0, 0.1) is 5.41 Å². The molecule has 116 valence electrons. The summed E-state index contributed by atoms with van der Waals surface area (Å²) in [4.78, 5) is 12.9. The molecule has 0 saturated carbocycles. The Balaban J connectivity index is 0. The van der Waals surface area contributed by atoms with Crippen molar-refractivity contribution in [1.82, 2.24) is 4.90 Å². The molecule has 0 atom stereocenters. The minimum absolute atomic E-state index is 0.0279. The third kappa shape index (κ3) is 11.9. The van der Waals surface area contributed by atoms with Gasteiger partial charge in [0.1, 0.15) is 0 Å². The van der Waals surface area contributed by atoms with Gasteiger partial charge in [0.05, 0.1) is 0 Å². The van der Waals surface area contributed by atoms with E-state index in [0.717, 1.165) is 6.42 Å². The highest BCUT2D eigenvalue weighted by molar-refractivity contribution is 5.67. The van der Waals surface area contributed by atoms with Gasteiger partial charge in [-0.3, -0.25) is 0 Å². The first-order chi connectivity index (χ1) is 8.73. The van der Waals surface area contributed by atoms with Crippen LogP contribution in [-0.2, 0) is 4.74 Å². The van der Waals surface area contributed by atoms with Crippen molar-refractivity contribution in [3.63, 3.8) is 0 Å². The molecule has 0 aromatic rings. The van der Waals surface area contributed by atoms with E-state index in [1.54, 1.807) is 6.92 Å². The third-order valence-electron chi connectivity index (χ3n) is 2.55. The highest BCUT2D eigenvalue weighted by atomic mass is 19.3. The fraction of sp³-hybridized carbons (Fsp3) is 0.929. The first-order valence-electron chi connectivity index (χ1n) is 6.93. The minimum atomic E-state index is -2.61.